The van der Waals surface area contributed by atoms with Gasteiger partial charge in [0.05, 0.1) is 6.54 Å². The summed E-state index contributed by atoms with van der Waals surface area (Å²) in [5.41, 5.74) is 1.02. The van der Waals surface area contributed by atoms with Crippen molar-refractivity contribution in [3.05, 3.63) is 17.6 Å². The summed E-state index contributed by atoms with van der Waals surface area (Å²) in [6, 6.07) is 1.97. The van der Waals surface area contributed by atoms with Crippen molar-refractivity contribution in [3.8, 4) is 0 Å². The molecule has 0 amide bonds. The summed E-state index contributed by atoms with van der Waals surface area (Å²) in [4.78, 5) is 13.8. The fraction of sp³-hybridized carbons (Fsp3) is 0.714. The molecule has 1 aromatic heterocycles. The average Bonchev–Trinajstić information content (AvgIpc) is 2.88. The number of anilines is 1. The molecule has 0 aliphatic carbocycles. The summed E-state index contributed by atoms with van der Waals surface area (Å²) < 4.78 is 0. The van der Waals surface area contributed by atoms with E-state index in [-0.39, 0.29) is 0 Å². The van der Waals surface area contributed by atoms with Crippen molar-refractivity contribution in [1.82, 2.24) is 19.8 Å². The molecule has 1 aliphatic rings. The first-order chi connectivity index (χ1) is 9.17. The van der Waals surface area contributed by atoms with Crippen LogP contribution in [0.15, 0.2) is 6.07 Å². The lowest BCUT2D eigenvalue weighted by Gasteiger charge is -2.20. The average molecular weight is 263 g/mol. The molecule has 0 unspecified atom stereocenters. The molecular formula is C14H25N5. The first-order valence-corrected chi connectivity index (χ1v) is 7.10. The summed E-state index contributed by atoms with van der Waals surface area (Å²) in [5.74, 6) is 1.80. The molecule has 2 rings (SSSR count). The molecule has 1 aromatic rings. The van der Waals surface area contributed by atoms with E-state index in [4.69, 9.17) is 0 Å². The Morgan fingerprint density at radius 2 is 2.05 bits per heavy atom. The van der Waals surface area contributed by atoms with Crippen molar-refractivity contribution in [2.24, 2.45) is 0 Å². The Morgan fingerprint density at radius 1 is 1.32 bits per heavy atom. The predicted octanol–water partition coefficient (Wildman–Crippen LogP) is 1.35. The third kappa shape index (κ3) is 4.44. The molecule has 0 aromatic carbocycles. The number of aryl methyl sites for hydroxylation is 1. The number of likely N-dealkylation sites (tertiary alicyclic amines) is 1. The third-order valence-corrected chi connectivity index (χ3v) is 3.56. The Morgan fingerprint density at radius 3 is 2.74 bits per heavy atom. The second-order valence-corrected chi connectivity index (χ2v) is 5.35. The van der Waals surface area contributed by atoms with Gasteiger partial charge in [-0.3, -0.25) is 4.90 Å². The molecule has 19 heavy (non-hydrogen) atoms. The Labute approximate surface area is 116 Å². The maximum absolute atomic E-state index is 4.50. The minimum atomic E-state index is 0.810. The number of aromatic nitrogens is 2. The molecule has 0 radical (unpaired) electrons. The monoisotopic (exact) mass is 263 g/mol. The van der Waals surface area contributed by atoms with Crippen molar-refractivity contribution in [2.45, 2.75) is 26.3 Å². The van der Waals surface area contributed by atoms with Crippen LogP contribution in [0, 0.1) is 6.92 Å². The van der Waals surface area contributed by atoms with Gasteiger partial charge >= 0.3 is 0 Å². The van der Waals surface area contributed by atoms with Gasteiger partial charge in [0.2, 0.25) is 0 Å². The fourth-order valence-corrected chi connectivity index (χ4v) is 2.47. The zero-order valence-electron chi connectivity index (χ0n) is 12.3. The normalized spacial score (nSPS) is 16.2. The SMILES string of the molecule is CNc1cc(C)nc(CN(C)CCN2CCCC2)n1. The molecule has 0 saturated carbocycles. The Hall–Kier alpha value is -1.20. The summed E-state index contributed by atoms with van der Waals surface area (Å²) in [6.07, 6.45) is 2.71. The zero-order chi connectivity index (χ0) is 13.7. The number of hydrogen-bond acceptors (Lipinski definition) is 5. The van der Waals surface area contributed by atoms with E-state index in [1.807, 2.05) is 20.0 Å². The molecule has 1 fully saturated rings. The molecule has 0 atom stereocenters. The van der Waals surface area contributed by atoms with Crippen LogP contribution in [-0.4, -0.2) is 60.0 Å². The fourth-order valence-electron chi connectivity index (χ4n) is 2.47. The quantitative estimate of drug-likeness (QED) is 0.839. The summed E-state index contributed by atoms with van der Waals surface area (Å²) in [5, 5.41) is 3.08. The predicted molar refractivity (Wildman–Crippen MR) is 78.3 cm³/mol. The van der Waals surface area contributed by atoms with E-state index in [9.17, 15) is 0 Å². The summed E-state index contributed by atoms with van der Waals surface area (Å²) in [7, 11) is 4.03. The topological polar surface area (TPSA) is 44.3 Å². The Balaban J connectivity index is 1.83. The largest absolute Gasteiger partial charge is 0.373 e. The molecule has 106 valence electrons. The van der Waals surface area contributed by atoms with E-state index in [0.717, 1.165) is 37.0 Å². The first-order valence-electron chi connectivity index (χ1n) is 7.10. The van der Waals surface area contributed by atoms with Gasteiger partial charge in [-0.15, -0.1) is 0 Å². The maximum Gasteiger partial charge on any atom is 0.144 e. The molecule has 5 nitrogen and oxygen atoms in total. The van der Waals surface area contributed by atoms with Crippen molar-refractivity contribution in [3.63, 3.8) is 0 Å². The van der Waals surface area contributed by atoms with Gasteiger partial charge in [0, 0.05) is 31.9 Å². The molecule has 0 bridgehead atoms. The van der Waals surface area contributed by atoms with Crippen LogP contribution in [0.3, 0.4) is 0 Å². The third-order valence-electron chi connectivity index (χ3n) is 3.56. The number of hydrogen-bond donors (Lipinski definition) is 1. The number of likely N-dealkylation sites (N-methyl/N-ethyl adjacent to an activating group) is 1. The number of nitrogens with zero attached hydrogens (tertiary/aromatic N) is 4. The van der Waals surface area contributed by atoms with Gasteiger partial charge < -0.3 is 10.2 Å². The second kappa shape index (κ2) is 6.82. The maximum atomic E-state index is 4.50. The minimum absolute atomic E-state index is 0.810. The van der Waals surface area contributed by atoms with Gasteiger partial charge in [0.15, 0.2) is 0 Å². The zero-order valence-corrected chi connectivity index (χ0v) is 12.3. The van der Waals surface area contributed by atoms with E-state index in [0.29, 0.717) is 0 Å². The van der Waals surface area contributed by atoms with Gasteiger partial charge in [-0.05, 0) is 39.9 Å². The van der Waals surface area contributed by atoms with Gasteiger partial charge in [-0.1, -0.05) is 0 Å². The van der Waals surface area contributed by atoms with E-state index in [2.05, 4.69) is 32.1 Å². The van der Waals surface area contributed by atoms with Crippen molar-refractivity contribution in [1.29, 1.82) is 0 Å². The lowest BCUT2D eigenvalue weighted by molar-refractivity contribution is 0.248. The molecule has 2 heterocycles. The highest BCUT2D eigenvalue weighted by atomic mass is 15.2. The highest BCUT2D eigenvalue weighted by molar-refractivity contribution is 5.34. The van der Waals surface area contributed by atoms with Crippen LogP contribution in [0.25, 0.3) is 0 Å². The van der Waals surface area contributed by atoms with E-state index in [1.165, 1.54) is 25.9 Å². The highest BCUT2D eigenvalue weighted by Crippen LogP contribution is 2.08. The molecule has 1 aliphatic heterocycles. The standard InChI is InChI=1S/C14H25N5/c1-12-10-13(15-2)17-14(16-12)11-18(3)8-9-19-6-4-5-7-19/h10H,4-9,11H2,1-3H3,(H,15,16,17). The lowest BCUT2D eigenvalue weighted by atomic mass is 10.4. The summed E-state index contributed by atoms with van der Waals surface area (Å²) in [6.45, 7) is 7.57. The minimum Gasteiger partial charge on any atom is -0.373 e. The number of rotatable bonds is 6. The van der Waals surface area contributed by atoms with E-state index < -0.39 is 0 Å². The van der Waals surface area contributed by atoms with Crippen LogP contribution < -0.4 is 5.32 Å². The van der Waals surface area contributed by atoms with Crippen molar-refractivity contribution < 1.29 is 0 Å². The van der Waals surface area contributed by atoms with Gasteiger partial charge in [0.25, 0.3) is 0 Å². The Kier molecular flexibility index (Phi) is 5.10. The lowest BCUT2D eigenvalue weighted by Crippen LogP contribution is -2.31. The molecule has 1 N–H and O–H groups in total. The van der Waals surface area contributed by atoms with E-state index in [1.54, 1.807) is 0 Å². The van der Waals surface area contributed by atoms with Crippen LogP contribution in [0.4, 0.5) is 5.82 Å². The summed E-state index contributed by atoms with van der Waals surface area (Å²) >= 11 is 0. The smallest absolute Gasteiger partial charge is 0.144 e. The van der Waals surface area contributed by atoms with Gasteiger partial charge in [-0.2, -0.15) is 0 Å². The molecule has 1 saturated heterocycles. The number of nitrogens with one attached hydrogen (secondary N) is 1. The first kappa shape index (κ1) is 14.2. The van der Waals surface area contributed by atoms with Crippen LogP contribution in [-0.2, 0) is 6.54 Å². The van der Waals surface area contributed by atoms with Gasteiger partial charge in [0.1, 0.15) is 11.6 Å². The van der Waals surface area contributed by atoms with Crippen LogP contribution in [0.2, 0.25) is 0 Å². The van der Waals surface area contributed by atoms with Crippen LogP contribution in [0.5, 0.6) is 0 Å². The van der Waals surface area contributed by atoms with E-state index >= 15 is 0 Å². The molecule has 0 spiro atoms. The van der Waals surface area contributed by atoms with Crippen LogP contribution >= 0.6 is 0 Å². The molecule has 5 heteroatoms. The van der Waals surface area contributed by atoms with Crippen molar-refractivity contribution >= 4 is 5.82 Å². The second-order valence-electron chi connectivity index (χ2n) is 5.35. The van der Waals surface area contributed by atoms with Gasteiger partial charge in [-0.25, -0.2) is 9.97 Å². The Bertz CT molecular complexity index is 401. The van der Waals surface area contributed by atoms with Crippen LogP contribution in [0.1, 0.15) is 24.4 Å². The van der Waals surface area contributed by atoms with Crippen molar-refractivity contribution in [2.75, 3.05) is 45.6 Å². The highest BCUT2D eigenvalue weighted by Gasteiger charge is 2.12. The molecular weight excluding hydrogens is 238 g/mol.